The fourth-order valence-corrected chi connectivity index (χ4v) is 5.28. The summed E-state index contributed by atoms with van der Waals surface area (Å²) in [5.74, 6) is 1.14. The summed E-state index contributed by atoms with van der Waals surface area (Å²) in [7, 11) is 0.00493. The number of ether oxygens (including phenoxy) is 2. The van der Waals surface area contributed by atoms with Crippen molar-refractivity contribution in [1.82, 2.24) is 0 Å². The van der Waals surface area contributed by atoms with Crippen molar-refractivity contribution in [3.8, 4) is 11.5 Å². The summed E-state index contributed by atoms with van der Waals surface area (Å²) in [6.45, 7) is 9.62. The molecule has 2 aromatic rings. The first-order chi connectivity index (χ1) is 13.4. The van der Waals surface area contributed by atoms with Crippen LogP contribution in [0, 0.1) is 0 Å². The Hall–Kier alpha value is -0.696. The van der Waals surface area contributed by atoms with Gasteiger partial charge in [0, 0.05) is 0 Å². The van der Waals surface area contributed by atoms with E-state index in [0.717, 1.165) is 29.0 Å². The minimum absolute atomic E-state index is 0. The van der Waals surface area contributed by atoms with E-state index in [1.807, 2.05) is 48.5 Å². The molecule has 2 unspecified atom stereocenters. The van der Waals surface area contributed by atoms with Crippen molar-refractivity contribution < 1.29 is 9.47 Å². The lowest BCUT2D eigenvalue weighted by Gasteiger charge is -2.40. The molecule has 2 N–H and O–H groups in total. The minimum atomic E-state index is -1.62. The van der Waals surface area contributed by atoms with Crippen LogP contribution in [0.15, 0.2) is 48.5 Å². The van der Waals surface area contributed by atoms with E-state index >= 15 is 0 Å². The Kier molecular flexibility index (Phi) is 9.80. The average molecular weight is 507 g/mol. The quantitative estimate of drug-likeness (QED) is 0.400. The molecular formula is C22H34Cl3NO2Si2. The van der Waals surface area contributed by atoms with Gasteiger partial charge in [-0.05, 0) is 66.2 Å². The highest BCUT2D eigenvalue weighted by atomic mass is 35.6. The lowest BCUT2D eigenvalue weighted by Crippen LogP contribution is -2.55. The van der Waals surface area contributed by atoms with Gasteiger partial charge in [-0.1, -0.05) is 78.7 Å². The van der Waals surface area contributed by atoms with Crippen LogP contribution in [-0.2, 0) is 0 Å². The van der Waals surface area contributed by atoms with Crippen LogP contribution in [0.1, 0.15) is 30.4 Å². The van der Waals surface area contributed by atoms with E-state index < -0.39 is 17.8 Å². The van der Waals surface area contributed by atoms with Crippen molar-refractivity contribution in [2.75, 3.05) is 13.7 Å². The molecule has 168 valence electrons. The molecule has 0 aliphatic rings. The molecular weight excluding hydrogens is 473 g/mol. The number of halogens is 3. The SMILES string of the molecule is COc1ccc(C(c2ccc(OC(C)(CCN)[Si](C)(C)C)cc2)C(Cl)(Cl)Cl)cc1.[SiH4]. The van der Waals surface area contributed by atoms with Gasteiger partial charge in [0.15, 0.2) is 0 Å². The Morgan fingerprint density at radius 1 is 0.900 bits per heavy atom. The molecule has 0 aliphatic carbocycles. The molecule has 0 amide bonds. The molecule has 0 saturated heterocycles. The standard InChI is InChI=1S/C22H30Cl3NO2Si.H4Si/c1-21(14-15-26,29(3,4)5)28-19-12-8-17(9-13-19)20(22(23,24)25)16-6-10-18(27-2)11-7-16;/h6-13,20H,14-15,26H2,1-5H3;1H4. The Morgan fingerprint density at radius 2 is 1.33 bits per heavy atom. The highest BCUT2D eigenvalue weighted by Crippen LogP contribution is 2.46. The van der Waals surface area contributed by atoms with Crippen LogP contribution in [0.25, 0.3) is 0 Å². The van der Waals surface area contributed by atoms with E-state index in [1.165, 1.54) is 0 Å². The summed E-state index contributed by atoms with van der Waals surface area (Å²) in [4.78, 5) is 0. The van der Waals surface area contributed by atoms with Gasteiger partial charge in [-0.2, -0.15) is 0 Å². The largest absolute Gasteiger partial charge is 0.497 e. The smallest absolute Gasteiger partial charge is 0.201 e. The van der Waals surface area contributed by atoms with E-state index in [4.69, 9.17) is 50.0 Å². The van der Waals surface area contributed by atoms with E-state index in [2.05, 4.69) is 26.6 Å². The maximum absolute atomic E-state index is 6.43. The summed E-state index contributed by atoms with van der Waals surface area (Å²) >= 11 is 19.0. The molecule has 8 heteroatoms. The lowest BCUT2D eigenvalue weighted by atomic mass is 9.92. The van der Waals surface area contributed by atoms with Gasteiger partial charge < -0.3 is 15.2 Å². The molecule has 0 radical (unpaired) electrons. The maximum atomic E-state index is 6.43. The summed E-state index contributed by atoms with van der Waals surface area (Å²) < 4.78 is 10.2. The summed E-state index contributed by atoms with van der Waals surface area (Å²) in [5, 5.41) is -0.256. The van der Waals surface area contributed by atoms with Crippen LogP contribution in [0.3, 0.4) is 0 Å². The topological polar surface area (TPSA) is 44.5 Å². The molecule has 0 aromatic heterocycles. The molecule has 2 rings (SSSR count). The van der Waals surface area contributed by atoms with Gasteiger partial charge in [0.2, 0.25) is 3.79 Å². The zero-order valence-electron chi connectivity index (χ0n) is 17.6. The van der Waals surface area contributed by atoms with Gasteiger partial charge in [-0.3, -0.25) is 0 Å². The van der Waals surface area contributed by atoms with Crippen LogP contribution < -0.4 is 15.2 Å². The van der Waals surface area contributed by atoms with Gasteiger partial charge in [0.1, 0.15) is 11.5 Å². The number of methoxy groups -OCH3 is 1. The predicted molar refractivity (Wildman–Crippen MR) is 139 cm³/mol. The molecule has 3 nitrogen and oxygen atoms in total. The zero-order chi connectivity index (χ0) is 21.9. The molecule has 2 aromatic carbocycles. The Morgan fingerprint density at radius 3 is 1.67 bits per heavy atom. The van der Waals surface area contributed by atoms with Crippen molar-refractivity contribution in [1.29, 1.82) is 0 Å². The first-order valence-electron chi connectivity index (χ1n) is 9.61. The first kappa shape index (κ1) is 27.3. The summed E-state index contributed by atoms with van der Waals surface area (Å²) in [6, 6.07) is 15.4. The molecule has 30 heavy (non-hydrogen) atoms. The van der Waals surface area contributed by atoms with Crippen LogP contribution in [-0.4, -0.2) is 41.7 Å². The Bertz CT molecular complexity index is 790. The highest BCUT2D eigenvalue weighted by Gasteiger charge is 2.41. The molecule has 0 saturated carbocycles. The van der Waals surface area contributed by atoms with Crippen LogP contribution in [0.5, 0.6) is 11.5 Å². The number of alkyl halides is 3. The second kappa shape index (κ2) is 10.7. The second-order valence-electron chi connectivity index (χ2n) is 8.44. The normalized spacial score (nSPS) is 15.0. The van der Waals surface area contributed by atoms with E-state index in [0.29, 0.717) is 6.54 Å². The number of hydrogen-bond acceptors (Lipinski definition) is 3. The number of nitrogens with two attached hydrogens (primary N) is 1. The average Bonchev–Trinajstić information content (AvgIpc) is 2.62. The number of benzene rings is 2. The van der Waals surface area contributed by atoms with Crippen molar-refractivity contribution >= 4 is 53.8 Å². The molecule has 0 bridgehead atoms. The Labute approximate surface area is 201 Å². The second-order valence-corrected chi connectivity index (χ2v) is 16.4. The van der Waals surface area contributed by atoms with Gasteiger partial charge in [-0.15, -0.1) is 0 Å². The van der Waals surface area contributed by atoms with Gasteiger partial charge in [0.05, 0.1) is 26.3 Å². The monoisotopic (exact) mass is 505 g/mol. The number of rotatable bonds is 8. The highest BCUT2D eigenvalue weighted by molar-refractivity contribution is 6.79. The van der Waals surface area contributed by atoms with Crippen molar-refractivity contribution in [3.63, 3.8) is 0 Å². The molecule has 2 atom stereocenters. The van der Waals surface area contributed by atoms with Crippen LogP contribution in [0.2, 0.25) is 19.6 Å². The molecule has 0 spiro atoms. The molecule has 0 fully saturated rings. The maximum Gasteiger partial charge on any atom is 0.201 e. The zero-order valence-corrected chi connectivity index (χ0v) is 20.9. The summed E-state index contributed by atoms with van der Waals surface area (Å²) in [5.41, 5.74) is 7.65. The lowest BCUT2D eigenvalue weighted by molar-refractivity contribution is 0.156. The minimum Gasteiger partial charge on any atom is -0.497 e. The van der Waals surface area contributed by atoms with E-state index in [9.17, 15) is 0 Å². The van der Waals surface area contributed by atoms with Gasteiger partial charge >= 0.3 is 0 Å². The molecule has 0 heterocycles. The third-order valence-electron chi connectivity index (χ3n) is 5.54. The van der Waals surface area contributed by atoms with E-state index in [1.54, 1.807) is 7.11 Å². The Balaban J connectivity index is 0.00000450. The van der Waals surface area contributed by atoms with Crippen molar-refractivity contribution in [2.45, 2.75) is 47.9 Å². The fourth-order valence-electron chi connectivity index (χ4n) is 3.21. The van der Waals surface area contributed by atoms with Gasteiger partial charge in [-0.25, -0.2) is 0 Å². The summed E-state index contributed by atoms with van der Waals surface area (Å²) in [6.07, 6.45) is 0.813. The van der Waals surface area contributed by atoms with Gasteiger partial charge in [0.25, 0.3) is 0 Å². The van der Waals surface area contributed by atoms with Crippen molar-refractivity contribution in [2.24, 2.45) is 5.73 Å². The van der Waals surface area contributed by atoms with E-state index in [-0.39, 0.29) is 16.2 Å². The third kappa shape index (κ3) is 6.65. The van der Waals surface area contributed by atoms with Crippen molar-refractivity contribution in [3.05, 3.63) is 59.7 Å². The third-order valence-corrected chi connectivity index (χ3v) is 9.72. The molecule has 0 aliphatic heterocycles. The van der Waals surface area contributed by atoms with Crippen LogP contribution >= 0.6 is 34.8 Å². The van der Waals surface area contributed by atoms with Crippen LogP contribution in [0.4, 0.5) is 0 Å². The number of hydrogen-bond donors (Lipinski definition) is 1. The first-order valence-corrected chi connectivity index (χ1v) is 14.2. The predicted octanol–water partition coefficient (Wildman–Crippen LogP) is 5.11. The fraction of sp³-hybridized carbons (Fsp3) is 0.455.